The molecule has 1 aliphatic carbocycles. The average Bonchev–Trinajstić information content (AvgIpc) is 2.55. The minimum atomic E-state index is -3.58. The highest BCUT2D eigenvalue weighted by Gasteiger charge is 2.25. The molecule has 0 bridgehead atoms. The van der Waals surface area contributed by atoms with Crippen LogP contribution in [-0.4, -0.2) is 19.5 Å². The molecule has 0 saturated heterocycles. The van der Waals surface area contributed by atoms with Crippen molar-refractivity contribution in [3.05, 3.63) is 53.9 Å². The summed E-state index contributed by atoms with van der Waals surface area (Å²) in [5, 5.41) is 0. The fourth-order valence-electron chi connectivity index (χ4n) is 2.98. The maximum absolute atomic E-state index is 12.7. The smallest absolute Gasteiger partial charge is 0.241 e. The highest BCUT2D eigenvalue weighted by Crippen LogP contribution is 2.30. The van der Waals surface area contributed by atoms with Gasteiger partial charge in [-0.15, -0.1) is 0 Å². The van der Waals surface area contributed by atoms with E-state index < -0.39 is 10.0 Å². The van der Waals surface area contributed by atoms with Crippen LogP contribution in [0.15, 0.2) is 47.6 Å². The minimum absolute atomic E-state index is 0.0526. The lowest BCUT2D eigenvalue weighted by atomic mass is 9.90. The van der Waals surface area contributed by atoms with Gasteiger partial charge >= 0.3 is 0 Å². The van der Waals surface area contributed by atoms with Crippen molar-refractivity contribution < 1.29 is 13.2 Å². The van der Waals surface area contributed by atoms with Gasteiger partial charge in [0.15, 0.2) is 0 Å². The third-order valence-corrected chi connectivity index (χ3v) is 5.55. The number of pyridine rings is 1. The monoisotopic (exact) mass is 346 g/mol. The van der Waals surface area contributed by atoms with Crippen LogP contribution in [0.4, 0.5) is 0 Å². The molecular weight excluding hydrogens is 324 g/mol. The molecule has 6 heteroatoms. The Kier molecular flexibility index (Phi) is 4.87. The van der Waals surface area contributed by atoms with Gasteiger partial charge in [-0.25, -0.2) is 13.1 Å². The molecule has 0 fully saturated rings. The molecule has 0 radical (unpaired) electrons. The molecule has 1 aromatic carbocycles. The van der Waals surface area contributed by atoms with E-state index in [1.165, 1.54) is 5.56 Å². The lowest BCUT2D eigenvalue weighted by molar-refractivity contribution is 0.242. The number of nitrogens with zero attached hydrogens (tertiary/aromatic N) is 1. The third-order valence-electron chi connectivity index (χ3n) is 4.06. The lowest BCUT2D eigenvalue weighted by Crippen LogP contribution is -2.31. The molecule has 3 rings (SSSR count). The SMILES string of the molecule is CC(C)Oc1ccc(S(=O)(=O)NC2CCCc3ccncc32)cc1. The quantitative estimate of drug-likeness (QED) is 0.902. The highest BCUT2D eigenvalue weighted by molar-refractivity contribution is 7.89. The van der Waals surface area contributed by atoms with Crippen molar-refractivity contribution in [3.63, 3.8) is 0 Å². The maximum atomic E-state index is 12.7. The predicted molar refractivity (Wildman–Crippen MR) is 92.4 cm³/mol. The van der Waals surface area contributed by atoms with E-state index in [1.807, 2.05) is 19.9 Å². The van der Waals surface area contributed by atoms with E-state index in [2.05, 4.69) is 9.71 Å². The molecule has 1 aliphatic rings. The molecule has 1 heterocycles. The molecule has 5 nitrogen and oxygen atoms in total. The number of sulfonamides is 1. The van der Waals surface area contributed by atoms with Crippen molar-refractivity contribution in [2.75, 3.05) is 0 Å². The van der Waals surface area contributed by atoms with Crippen molar-refractivity contribution in [2.24, 2.45) is 0 Å². The summed E-state index contributed by atoms with van der Waals surface area (Å²) in [6.45, 7) is 3.86. The molecule has 1 atom stereocenters. The second kappa shape index (κ2) is 6.91. The van der Waals surface area contributed by atoms with E-state index in [0.717, 1.165) is 24.8 Å². The van der Waals surface area contributed by atoms with Crippen molar-refractivity contribution in [2.45, 2.75) is 50.2 Å². The van der Waals surface area contributed by atoms with Gasteiger partial charge in [0.2, 0.25) is 10.0 Å². The van der Waals surface area contributed by atoms with Crippen LogP contribution in [-0.2, 0) is 16.4 Å². The number of aryl methyl sites for hydroxylation is 1. The topological polar surface area (TPSA) is 68.3 Å². The molecule has 2 aromatic rings. The van der Waals surface area contributed by atoms with Crippen molar-refractivity contribution >= 4 is 10.0 Å². The van der Waals surface area contributed by atoms with Gasteiger partial charge in [-0.1, -0.05) is 0 Å². The summed E-state index contributed by atoms with van der Waals surface area (Å²) in [5.41, 5.74) is 2.15. The van der Waals surface area contributed by atoms with E-state index in [1.54, 1.807) is 36.7 Å². The second-order valence-corrected chi connectivity index (χ2v) is 7.99. The number of benzene rings is 1. The number of aromatic nitrogens is 1. The Hall–Kier alpha value is -1.92. The van der Waals surface area contributed by atoms with Crippen LogP contribution in [0, 0.1) is 0 Å². The van der Waals surface area contributed by atoms with Crippen LogP contribution in [0.3, 0.4) is 0 Å². The van der Waals surface area contributed by atoms with Gasteiger partial charge in [0.25, 0.3) is 0 Å². The van der Waals surface area contributed by atoms with Crippen molar-refractivity contribution in [1.82, 2.24) is 9.71 Å². The van der Waals surface area contributed by atoms with Crippen LogP contribution in [0.2, 0.25) is 0 Å². The summed E-state index contributed by atoms with van der Waals surface area (Å²) in [6, 6.07) is 8.27. The fourth-order valence-corrected chi connectivity index (χ4v) is 4.23. The Bertz CT molecular complexity index is 801. The van der Waals surface area contributed by atoms with E-state index in [0.29, 0.717) is 5.75 Å². The summed E-state index contributed by atoms with van der Waals surface area (Å²) < 4.78 is 33.7. The van der Waals surface area contributed by atoms with Crippen LogP contribution >= 0.6 is 0 Å². The molecule has 1 unspecified atom stereocenters. The first kappa shape index (κ1) is 16.9. The third kappa shape index (κ3) is 3.76. The molecule has 1 N–H and O–H groups in total. The minimum Gasteiger partial charge on any atom is -0.491 e. The Morgan fingerprint density at radius 2 is 1.96 bits per heavy atom. The summed E-state index contributed by atoms with van der Waals surface area (Å²) in [5.74, 6) is 0.663. The zero-order valence-corrected chi connectivity index (χ0v) is 14.7. The van der Waals surface area contributed by atoms with Gasteiger partial charge in [0.1, 0.15) is 5.75 Å². The average molecular weight is 346 g/mol. The number of hydrogen-bond donors (Lipinski definition) is 1. The van der Waals surface area contributed by atoms with Gasteiger partial charge in [-0.05, 0) is 74.6 Å². The largest absolute Gasteiger partial charge is 0.491 e. The second-order valence-electron chi connectivity index (χ2n) is 6.28. The summed E-state index contributed by atoms with van der Waals surface area (Å²) >= 11 is 0. The van der Waals surface area contributed by atoms with E-state index >= 15 is 0 Å². The molecule has 0 amide bonds. The summed E-state index contributed by atoms with van der Waals surface area (Å²) in [6.07, 6.45) is 6.29. The molecule has 0 aliphatic heterocycles. The maximum Gasteiger partial charge on any atom is 0.241 e. The highest BCUT2D eigenvalue weighted by atomic mass is 32.2. The predicted octanol–water partition coefficient (Wildman–Crippen LogP) is 3.22. The number of hydrogen-bond acceptors (Lipinski definition) is 4. The van der Waals surface area contributed by atoms with Gasteiger partial charge in [-0.2, -0.15) is 0 Å². The van der Waals surface area contributed by atoms with Gasteiger partial charge in [0.05, 0.1) is 11.0 Å². The first-order chi connectivity index (χ1) is 11.5. The molecule has 1 aromatic heterocycles. The Balaban J connectivity index is 1.80. The number of fused-ring (bicyclic) bond motifs is 1. The van der Waals surface area contributed by atoms with Gasteiger partial charge < -0.3 is 4.74 Å². The number of nitrogens with one attached hydrogen (secondary N) is 1. The van der Waals surface area contributed by atoms with Crippen LogP contribution in [0.25, 0.3) is 0 Å². The van der Waals surface area contributed by atoms with Crippen LogP contribution in [0.5, 0.6) is 5.75 Å². The zero-order valence-electron chi connectivity index (χ0n) is 13.9. The van der Waals surface area contributed by atoms with Crippen molar-refractivity contribution in [3.8, 4) is 5.75 Å². The van der Waals surface area contributed by atoms with E-state index in [-0.39, 0.29) is 17.0 Å². The standard InChI is InChI=1S/C18H22N2O3S/c1-13(2)23-15-6-8-16(9-7-15)24(21,22)20-18-5-3-4-14-10-11-19-12-17(14)18/h6-13,18,20H,3-5H2,1-2H3. The first-order valence-corrected chi connectivity index (χ1v) is 9.66. The fraction of sp³-hybridized carbons (Fsp3) is 0.389. The Labute approximate surface area is 143 Å². The molecular formula is C18H22N2O3S. The normalized spacial score (nSPS) is 17.5. The zero-order chi connectivity index (χ0) is 17.2. The summed E-state index contributed by atoms with van der Waals surface area (Å²) in [4.78, 5) is 4.38. The first-order valence-electron chi connectivity index (χ1n) is 8.17. The van der Waals surface area contributed by atoms with Gasteiger partial charge in [0, 0.05) is 18.4 Å². The van der Waals surface area contributed by atoms with Crippen LogP contribution in [0.1, 0.15) is 43.9 Å². The van der Waals surface area contributed by atoms with Crippen LogP contribution < -0.4 is 9.46 Å². The molecule has 0 spiro atoms. The van der Waals surface area contributed by atoms with Crippen molar-refractivity contribution in [1.29, 1.82) is 0 Å². The molecule has 24 heavy (non-hydrogen) atoms. The Morgan fingerprint density at radius 1 is 1.21 bits per heavy atom. The molecule has 128 valence electrons. The Morgan fingerprint density at radius 3 is 2.67 bits per heavy atom. The molecule has 0 saturated carbocycles. The number of ether oxygens (including phenoxy) is 1. The summed E-state index contributed by atoms with van der Waals surface area (Å²) in [7, 11) is -3.58. The van der Waals surface area contributed by atoms with E-state index in [4.69, 9.17) is 4.74 Å². The van der Waals surface area contributed by atoms with Gasteiger partial charge in [-0.3, -0.25) is 4.98 Å². The lowest BCUT2D eigenvalue weighted by Gasteiger charge is -2.25. The van der Waals surface area contributed by atoms with E-state index in [9.17, 15) is 8.42 Å². The number of rotatable bonds is 5.